The van der Waals surface area contributed by atoms with Gasteiger partial charge in [-0.25, -0.2) is 18.7 Å². The zero-order chi connectivity index (χ0) is 21.0. The number of rotatable bonds is 4. The van der Waals surface area contributed by atoms with Crippen molar-refractivity contribution in [1.29, 1.82) is 0 Å². The summed E-state index contributed by atoms with van der Waals surface area (Å²) >= 11 is 0. The first-order valence-corrected chi connectivity index (χ1v) is 9.55. The van der Waals surface area contributed by atoms with E-state index in [0.29, 0.717) is 6.54 Å². The first-order chi connectivity index (χ1) is 13.6. The summed E-state index contributed by atoms with van der Waals surface area (Å²) in [7, 11) is 0. The lowest BCUT2D eigenvalue weighted by molar-refractivity contribution is -0.383. The van der Waals surface area contributed by atoms with Gasteiger partial charge in [0.2, 0.25) is 11.6 Å². The van der Waals surface area contributed by atoms with Crippen molar-refractivity contribution in [1.82, 2.24) is 9.97 Å². The molecule has 1 aliphatic heterocycles. The maximum absolute atomic E-state index is 13.5. The quantitative estimate of drug-likeness (QED) is 0.582. The Morgan fingerprint density at radius 2 is 1.97 bits per heavy atom. The highest BCUT2D eigenvalue weighted by molar-refractivity contribution is 5.75. The van der Waals surface area contributed by atoms with Crippen molar-refractivity contribution >= 4 is 23.0 Å². The highest BCUT2D eigenvalue weighted by atomic mass is 19.2. The second kappa shape index (κ2) is 6.60. The number of anilines is 3. The van der Waals surface area contributed by atoms with Crippen LogP contribution in [0.5, 0.6) is 0 Å². The summed E-state index contributed by atoms with van der Waals surface area (Å²) < 4.78 is 26.7. The molecule has 2 aromatic rings. The highest BCUT2D eigenvalue weighted by Crippen LogP contribution is 2.54. The molecule has 4 rings (SSSR count). The number of fused-ring (bicyclic) bond motifs is 2. The van der Waals surface area contributed by atoms with Crippen LogP contribution in [-0.2, 0) is 0 Å². The fourth-order valence-electron chi connectivity index (χ4n) is 5.26. The minimum Gasteiger partial charge on any atom is -0.347 e. The van der Waals surface area contributed by atoms with Gasteiger partial charge >= 0.3 is 5.69 Å². The first-order valence-electron chi connectivity index (χ1n) is 9.55. The Morgan fingerprint density at radius 3 is 2.66 bits per heavy atom. The molecule has 0 spiro atoms. The lowest BCUT2D eigenvalue weighted by Gasteiger charge is -2.39. The van der Waals surface area contributed by atoms with E-state index < -0.39 is 16.6 Å². The number of aromatic nitrogens is 2. The predicted octanol–water partition coefficient (Wildman–Crippen LogP) is 4.81. The van der Waals surface area contributed by atoms with Crippen molar-refractivity contribution < 1.29 is 13.7 Å². The minimum atomic E-state index is -1.05. The summed E-state index contributed by atoms with van der Waals surface area (Å²) in [6, 6.07) is 3.36. The third kappa shape index (κ3) is 3.61. The summed E-state index contributed by atoms with van der Waals surface area (Å²) in [6.45, 7) is 7.36. The SMILES string of the molecule is CC1(C)CC2CC(C)(CN2c2ncnc(Nc3ccc(F)c(F)c3)c2[N+](=O)[O-])C1. The van der Waals surface area contributed by atoms with Crippen LogP contribution < -0.4 is 10.2 Å². The fourth-order valence-corrected chi connectivity index (χ4v) is 5.26. The standard InChI is InChI=1S/C20H23F2N5O2/c1-19(2)7-13-8-20(3,9-19)10-26(13)18-16(27(28)29)17(23-11-24-18)25-12-4-5-14(21)15(22)6-12/h4-6,11,13H,7-10H2,1-3H3,(H,23,24,25). The fraction of sp³-hybridized carbons (Fsp3) is 0.500. The van der Waals surface area contributed by atoms with Gasteiger partial charge in [-0.15, -0.1) is 0 Å². The molecule has 1 aromatic carbocycles. The van der Waals surface area contributed by atoms with Crippen molar-refractivity contribution in [3.63, 3.8) is 0 Å². The molecule has 154 valence electrons. The molecule has 1 N–H and O–H groups in total. The third-order valence-corrected chi connectivity index (χ3v) is 5.85. The van der Waals surface area contributed by atoms with E-state index in [2.05, 4.69) is 36.1 Å². The summed E-state index contributed by atoms with van der Waals surface area (Å²) in [5, 5.41) is 14.7. The van der Waals surface area contributed by atoms with Crippen LogP contribution in [0, 0.1) is 32.6 Å². The number of halogens is 2. The van der Waals surface area contributed by atoms with E-state index >= 15 is 0 Å². The number of nitrogens with zero attached hydrogens (tertiary/aromatic N) is 4. The van der Waals surface area contributed by atoms with Gasteiger partial charge in [0.05, 0.1) is 4.92 Å². The molecule has 1 saturated heterocycles. The van der Waals surface area contributed by atoms with Crippen LogP contribution >= 0.6 is 0 Å². The summed E-state index contributed by atoms with van der Waals surface area (Å²) in [5.74, 6) is -1.82. The number of nitro groups is 1. The van der Waals surface area contributed by atoms with Crippen LogP contribution in [0.1, 0.15) is 40.0 Å². The van der Waals surface area contributed by atoms with Crippen molar-refractivity contribution in [3.05, 3.63) is 46.3 Å². The number of benzene rings is 1. The van der Waals surface area contributed by atoms with Crippen LogP contribution in [0.15, 0.2) is 24.5 Å². The van der Waals surface area contributed by atoms with Gasteiger partial charge in [0.25, 0.3) is 0 Å². The van der Waals surface area contributed by atoms with E-state index in [9.17, 15) is 18.9 Å². The van der Waals surface area contributed by atoms with Gasteiger partial charge in [-0.1, -0.05) is 20.8 Å². The molecule has 1 aromatic heterocycles. The third-order valence-electron chi connectivity index (χ3n) is 5.85. The molecule has 9 heteroatoms. The van der Waals surface area contributed by atoms with Gasteiger partial charge in [0, 0.05) is 24.3 Å². The molecule has 7 nitrogen and oxygen atoms in total. The van der Waals surface area contributed by atoms with E-state index in [4.69, 9.17) is 0 Å². The smallest absolute Gasteiger partial charge is 0.347 e. The second-order valence-electron chi connectivity index (χ2n) is 9.25. The molecule has 2 aliphatic rings. The Morgan fingerprint density at radius 1 is 1.21 bits per heavy atom. The Labute approximate surface area is 167 Å². The largest absolute Gasteiger partial charge is 0.353 e. The summed E-state index contributed by atoms with van der Waals surface area (Å²) in [5.41, 5.74) is 0.135. The molecule has 1 aliphatic carbocycles. The normalized spacial score (nSPS) is 25.1. The number of nitrogens with one attached hydrogen (secondary N) is 1. The van der Waals surface area contributed by atoms with E-state index in [-0.39, 0.29) is 39.9 Å². The van der Waals surface area contributed by atoms with Crippen molar-refractivity contribution in [2.45, 2.75) is 46.1 Å². The van der Waals surface area contributed by atoms with E-state index in [1.165, 1.54) is 12.4 Å². The lowest BCUT2D eigenvalue weighted by atomic mass is 9.65. The molecular formula is C20H23F2N5O2. The van der Waals surface area contributed by atoms with Gasteiger partial charge in [0.15, 0.2) is 11.6 Å². The number of hydrogen-bond acceptors (Lipinski definition) is 6. The maximum atomic E-state index is 13.5. The molecule has 2 atom stereocenters. The topological polar surface area (TPSA) is 84.2 Å². The van der Waals surface area contributed by atoms with E-state index in [0.717, 1.165) is 31.4 Å². The Hall–Kier alpha value is -2.84. The molecule has 0 radical (unpaired) electrons. The maximum Gasteiger partial charge on any atom is 0.353 e. The van der Waals surface area contributed by atoms with Crippen molar-refractivity contribution in [2.24, 2.45) is 10.8 Å². The van der Waals surface area contributed by atoms with Crippen LogP contribution in [0.4, 0.5) is 31.8 Å². The minimum absolute atomic E-state index is 0.0446. The molecule has 2 heterocycles. The molecular weight excluding hydrogens is 380 g/mol. The monoisotopic (exact) mass is 403 g/mol. The number of hydrogen-bond donors (Lipinski definition) is 1. The van der Waals surface area contributed by atoms with Gasteiger partial charge in [-0.2, -0.15) is 0 Å². The predicted molar refractivity (Wildman–Crippen MR) is 105 cm³/mol. The van der Waals surface area contributed by atoms with Crippen LogP contribution in [0.25, 0.3) is 0 Å². The first kappa shape index (κ1) is 19.5. The van der Waals surface area contributed by atoms with Crippen molar-refractivity contribution in [3.8, 4) is 0 Å². The average Bonchev–Trinajstić information content (AvgIpc) is 2.86. The van der Waals surface area contributed by atoms with Crippen molar-refractivity contribution in [2.75, 3.05) is 16.8 Å². The second-order valence-corrected chi connectivity index (χ2v) is 9.25. The Kier molecular flexibility index (Phi) is 4.43. The summed E-state index contributed by atoms with van der Waals surface area (Å²) in [4.78, 5) is 21.7. The van der Waals surface area contributed by atoms with Gasteiger partial charge in [-0.05, 0) is 42.2 Å². The van der Waals surface area contributed by atoms with E-state index in [1.54, 1.807) is 0 Å². The molecule has 2 fully saturated rings. The van der Waals surface area contributed by atoms with E-state index in [1.807, 2.05) is 4.90 Å². The zero-order valence-corrected chi connectivity index (χ0v) is 16.6. The van der Waals surface area contributed by atoms with Crippen LogP contribution in [-0.4, -0.2) is 27.5 Å². The molecule has 2 bridgehead atoms. The van der Waals surface area contributed by atoms with Gasteiger partial charge in [0.1, 0.15) is 6.33 Å². The van der Waals surface area contributed by atoms with Crippen LogP contribution in [0.2, 0.25) is 0 Å². The highest BCUT2D eigenvalue weighted by Gasteiger charge is 2.51. The van der Waals surface area contributed by atoms with Gasteiger partial charge < -0.3 is 10.2 Å². The average molecular weight is 403 g/mol. The molecule has 29 heavy (non-hydrogen) atoms. The Balaban J connectivity index is 1.73. The molecule has 0 amide bonds. The molecule has 2 unspecified atom stereocenters. The Bertz CT molecular complexity index is 983. The molecule has 1 saturated carbocycles. The lowest BCUT2D eigenvalue weighted by Crippen LogP contribution is -2.35. The van der Waals surface area contributed by atoms with Gasteiger partial charge in [-0.3, -0.25) is 10.1 Å². The summed E-state index contributed by atoms with van der Waals surface area (Å²) in [6.07, 6.45) is 4.20. The zero-order valence-electron chi connectivity index (χ0n) is 16.6. The van der Waals surface area contributed by atoms with Crippen LogP contribution in [0.3, 0.4) is 0 Å².